The van der Waals surface area contributed by atoms with Crippen molar-refractivity contribution in [1.29, 1.82) is 0 Å². The molecule has 1 N–H and O–H groups in total. The van der Waals surface area contributed by atoms with Crippen LogP contribution in [-0.4, -0.2) is 52.5 Å². The van der Waals surface area contributed by atoms with E-state index in [0.29, 0.717) is 42.5 Å². The molecule has 8 nitrogen and oxygen atoms in total. The Morgan fingerprint density at radius 3 is 2.48 bits per heavy atom. The minimum absolute atomic E-state index is 0.0108. The zero-order chi connectivity index (χ0) is 24.0. The second kappa shape index (κ2) is 11.1. The van der Waals surface area contributed by atoms with E-state index >= 15 is 0 Å². The molecule has 2 aromatic carbocycles. The molecular weight excluding hydrogens is 468 g/mol. The van der Waals surface area contributed by atoms with Gasteiger partial charge in [0.1, 0.15) is 22.1 Å². The number of hydrogen-bond donors (Lipinski definition) is 1. The maximum Gasteiger partial charge on any atom is 0.246 e. The number of nitrogens with one attached hydrogen (secondary N) is 1. The smallest absolute Gasteiger partial charge is 0.246 e. The fraction of sp³-hybridized carbons (Fsp3) is 0.435. The van der Waals surface area contributed by atoms with Gasteiger partial charge in [-0.2, -0.15) is 4.31 Å². The highest BCUT2D eigenvalue weighted by Crippen LogP contribution is 2.32. The van der Waals surface area contributed by atoms with E-state index in [1.165, 1.54) is 10.4 Å². The van der Waals surface area contributed by atoms with Crippen molar-refractivity contribution < 1.29 is 27.4 Å². The molecule has 3 rings (SSSR count). The summed E-state index contributed by atoms with van der Waals surface area (Å²) in [6, 6.07) is 9.91. The molecule has 1 saturated heterocycles. The highest BCUT2D eigenvalue weighted by Gasteiger charge is 2.35. The van der Waals surface area contributed by atoms with Gasteiger partial charge in [-0.15, -0.1) is 0 Å². The van der Waals surface area contributed by atoms with Gasteiger partial charge in [0.15, 0.2) is 0 Å². The molecular formula is C23H29ClN2O6S. The Labute approximate surface area is 199 Å². The lowest BCUT2D eigenvalue weighted by Crippen LogP contribution is -2.45. The van der Waals surface area contributed by atoms with Crippen molar-refractivity contribution in [2.24, 2.45) is 5.92 Å². The molecule has 1 atom stereocenters. The fourth-order valence-electron chi connectivity index (χ4n) is 3.89. The van der Waals surface area contributed by atoms with Crippen molar-refractivity contribution in [3.05, 3.63) is 47.0 Å². The van der Waals surface area contributed by atoms with Crippen LogP contribution in [0.5, 0.6) is 17.2 Å². The largest absolute Gasteiger partial charge is 0.496 e. The number of halogens is 1. The van der Waals surface area contributed by atoms with Crippen LogP contribution in [0.1, 0.15) is 25.3 Å². The van der Waals surface area contributed by atoms with E-state index in [-0.39, 0.29) is 29.6 Å². The van der Waals surface area contributed by atoms with Crippen molar-refractivity contribution in [2.75, 3.05) is 33.9 Å². The molecule has 1 fully saturated rings. The molecule has 1 aliphatic rings. The predicted octanol–water partition coefficient (Wildman–Crippen LogP) is 3.47. The summed E-state index contributed by atoms with van der Waals surface area (Å²) in [5.74, 6) is 0.749. The van der Waals surface area contributed by atoms with Gasteiger partial charge in [0.05, 0.1) is 38.9 Å². The predicted molar refractivity (Wildman–Crippen MR) is 125 cm³/mol. The van der Waals surface area contributed by atoms with Gasteiger partial charge in [-0.3, -0.25) is 4.79 Å². The summed E-state index contributed by atoms with van der Waals surface area (Å²) in [5, 5.41) is 3.20. The first-order valence-electron chi connectivity index (χ1n) is 10.7. The first-order valence-corrected chi connectivity index (χ1v) is 12.5. The first-order chi connectivity index (χ1) is 15.8. The van der Waals surface area contributed by atoms with E-state index in [4.69, 9.17) is 25.8 Å². The fourth-order valence-corrected chi connectivity index (χ4v) is 5.81. The van der Waals surface area contributed by atoms with E-state index in [1.807, 2.05) is 0 Å². The number of amides is 1. The number of benzene rings is 2. The SMILES string of the molecule is CCOc1ccc(Cl)cc1S(=O)(=O)N1CCC[C@H](C(=O)NCc2c(OC)cccc2OC)C1. The topological polar surface area (TPSA) is 94.2 Å². The Morgan fingerprint density at radius 1 is 1.15 bits per heavy atom. The standard InChI is InChI=1S/C23H29ClN2O6S/c1-4-32-21-11-10-17(24)13-22(21)33(28,29)26-12-6-7-16(15-26)23(27)25-14-18-19(30-2)8-5-9-20(18)31-3/h5,8-11,13,16H,4,6-7,12,14-15H2,1-3H3,(H,25,27)/t16-/m0/s1. The molecule has 10 heteroatoms. The van der Waals surface area contributed by atoms with Crippen molar-refractivity contribution >= 4 is 27.5 Å². The van der Waals surface area contributed by atoms with Crippen molar-refractivity contribution in [1.82, 2.24) is 9.62 Å². The number of carbonyl (C=O) groups excluding carboxylic acids is 1. The van der Waals surface area contributed by atoms with Crippen LogP contribution in [0.3, 0.4) is 0 Å². The average Bonchev–Trinajstić information content (AvgIpc) is 2.83. The van der Waals surface area contributed by atoms with Crippen molar-refractivity contribution in [3.63, 3.8) is 0 Å². The van der Waals surface area contributed by atoms with Crippen molar-refractivity contribution in [2.45, 2.75) is 31.2 Å². The second-order valence-electron chi connectivity index (χ2n) is 7.59. The number of methoxy groups -OCH3 is 2. The van der Waals surface area contributed by atoms with Gasteiger partial charge in [-0.05, 0) is 50.1 Å². The molecule has 0 radical (unpaired) electrons. The second-order valence-corrected chi connectivity index (χ2v) is 9.93. The molecule has 1 aliphatic heterocycles. The third-order valence-corrected chi connectivity index (χ3v) is 7.67. The van der Waals surface area contributed by atoms with Crippen LogP contribution >= 0.6 is 11.6 Å². The number of piperidine rings is 1. The van der Waals surface area contributed by atoms with Crippen LogP contribution in [0.2, 0.25) is 5.02 Å². The summed E-state index contributed by atoms with van der Waals surface area (Å²) in [5.41, 5.74) is 0.719. The molecule has 0 aromatic heterocycles. The van der Waals surface area contributed by atoms with Gasteiger partial charge in [0, 0.05) is 18.1 Å². The van der Waals surface area contributed by atoms with Crippen LogP contribution in [-0.2, 0) is 21.4 Å². The number of sulfonamides is 1. The van der Waals surface area contributed by atoms with E-state index in [9.17, 15) is 13.2 Å². The lowest BCUT2D eigenvalue weighted by Gasteiger charge is -2.31. The molecule has 180 valence electrons. The molecule has 1 heterocycles. The summed E-state index contributed by atoms with van der Waals surface area (Å²) in [4.78, 5) is 13.0. The molecule has 0 saturated carbocycles. The van der Waals surface area contributed by atoms with Gasteiger partial charge in [0.2, 0.25) is 15.9 Å². The lowest BCUT2D eigenvalue weighted by atomic mass is 9.98. The molecule has 0 spiro atoms. The number of ether oxygens (including phenoxy) is 3. The zero-order valence-corrected chi connectivity index (χ0v) is 20.5. The Bertz CT molecular complexity index is 1070. The monoisotopic (exact) mass is 496 g/mol. The minimum Gasteiger partial charge on any atom is -0.496 e. The lowest BCUT2D eigenvalue weighted by molar-refractivity contribution is -0.126. The number of carbonyl (C=O) groups is 1. The normalized spacial score (nSPS) is 16.8. The van der Waals surface area contributed by atoms with Crippen LogP contribution in [0.4, 0.5) is 0 Å². The van der Waals surface area contributed by atoms with Crippen LogP contribution in [0, 0.1) is 5.92 Å². The zero-order valence-electron chi connectivity index (χ0n) is 19.0. The van der Waals surface area contributed by atoms with Gasteiger partial charge in [0.25, 0.3) is 0 Å². The van der Waals surface area contributed by atoms with Gasteiger partial charge < -0.3 is 19.5 Å². The first kappa shape index (κ1) is 25.1. The number of rotatable bonds is 9. The molecule has 33 heavy (non-hydrogen) atoms. The summed E-state index contributed by atoms with van der Waals surface area (Å²) >= 11 is 6.07. The van der Waals surface area contributed by atoms with Gasteiger partial charge in [-0.25, -0.2) is 8.42 Å². The molecule has 1 amide bonds. The third kappa shape index (κ3) is 5.72. The van der Waals surface area contributed by atoms with Crippen LogP contribution < -0.4 is 19.5 Å². The van der Waals surface area contributed by atoms with Crippen molar-refractivity contribution in [3.8, 4) is 17.2 Å². The van der Waals surface area contributed by atoms with E-state index in [0.717, 1.165) is 5.56 Å². The third-order valence-electron chi connectivity index (χ3n) is 5.55. The van der Waals surface area contributed by atoms with Gasteiger partial charge in [-0.1, -0.05) is 17.7 Å². The van der Waals surface area contributed by atoms with Crippen LogP contribution in [0.15, 0.2) is 41.3 Å². The number of hydrogen-bond acceptors (Lipinski definition) is 6. The summed E-state index contributed by atoms with van der Waals surface area (Å²) in [6.45, 7) is 2.71. The van der Waals surface area contributed by atoms with Gasteiger partial charge >= 0.3 is 0 Å². The average molecular weight is 497 g/mol. The minimum atomic E-state index is -3.89. The molecule has 0 bridgehead atoms. The Balaban J connectivity index is 1.75. The molecule has 0 unspecified atom stereocenters. The Morgan fingerprint density at radius 2 is 1.85 bits per heavy atom. The molecule has 0 aliphatic carbocycles. The highest BCUT2D eigenvalue weighted by molar-refractivity contribution is 7.89. The molecule has 2 aromatic rings. The Hall–Kier alpha value is -2.49. The summed E-state index contributed by atoms with van der Waals surface area (Å²) in [7, 11) is -0.785. The summed E-state index contributed by atoms with van der Waals surface area (Å²) in [6.07, 6.45) is 1.16. The Kier molecular flexibility index (Phi) is 8.45. The van der Waals surface area contributed by atoms with Crippen LogP contribution in [0.25, 0.3) is 0 Å². The van der Waals surface area contributed by atoms with E-state index in [1.54, 1.807) is 51.5 Å². The maximum absolute atomic E-state index is 13.4. The number of nitrogens with zero attached hydrogens (tertiary/aromatic N) is 1. The maximum atomic E-state index is 13.4. The quantitative estimate of drug-likeness (QED) is 0.571. The highest BCUT2D eigenvalue weighted by atomic mass is 35.5. The summed E-state index contributed by atoms with van der Waals surface area (Å²) < 4.78 is 44.3. The van der Waals surface area contributed by atoms with E-state index in [2.05, 4.69) is 5.32 Å². The van der Waals surface area contributed by atoms with E-state index < -0.39 is 15.9 Å².